The van der Waals surface area contributed by atoms with Crippen molar-refractivity contribution < 1.29 is 8.42 Å². The molecule has 0 bridgehead atoms. The van der Waals surface area contributed by atoms with Gasteiger partial charge in [0.05, 0.1) is 6.54 Å². The molecule has 0 amide bonds. The quantitative estimate of drug-likeness (QED) is 0.808. The van der Waals surface area contributed by atoms with Gasteiger partial charge in [0.2, 0.25) is 0 Å². The maximum absolute atomic E-state index is 12.3. The molecule has 1 saturated heterocycles. The third-order valence-corrected chi connectivity index (χ3v) is 4.74. The monoisotopic (exact) mass is 308 g/mol. The Balaban J connectivity index is 2.13. The second-order valence-corrected chi connectivity index (χ2v) is 6.80. The molecule has 1 aliphatic heterocycles. The Morgan fingerprint density at radius 1 is 1.52 bits per heavy atom. The highest BCUT2D eigenvalue weighted by atomic mass is 32.2. The summed E-state index contributed by atoms with van der Waals surface area (Å²) in [5.41, 5.74) is 5.80. The highest BCUT2D eigenvalue weighted by Crippen LogP contribution is 2.19. The minimum absolute atomic E-state index is 0.239. The van der Waals surface area contributed by atoms with Gasteiger partial charge in [0.1, 0.15) is 11.5 Å². The molecule has 1 atom stereocenters. The number of aromatic nitrogens is 1. The van der Waals surface area contributed by atoms with Crippen LogP contribution >= 0.6 is 0 Å². The summed E-state index contributed by atoms with van der Waals surface area (Å²) in [4.78, 5) is 4.16. The molecule has 1 unspecified atom stereocenters. The van der Waals surface area contributed by atoms with Gasteiger partial charge in [-0.2, -0.15) is 12.7 Å². The average Bonchev–Trinajstić information content (AvgIpc) is 2.45. The van der Waals surface area contributed by atoms with E-state index in [9.17, 15) is 8.42 Å². The first kappa shape index (κ1) is 15.8. The number of rotatable bonds is 3. The van der Waals surface area contributed by atoms with Crippen LogP contribution in [-0.4, -0.2) is 37.3 Å². The summed E-state index contributed by atoms with van der Waals surface area (Å²) in [5, 5.41) is 0. The van der Waals surface area contributed by atoms with Crippen molar-refractivity contribution in [3.8, 4) is 11.8 Å². The van der Waals surface area contributed by atoms with Gasteiger partial charge in [-0.3, -0.25) is 4.72 Å². The molecule has 1 aliphatic rings. The van der Waals surface area contributed by atoms with E-state index < -0.39 is 10.2 Å². The first-order chi connectivity index (χ1) is 10.0. The van der Waals surface area contributed by atoms with E-state index >= 15 is 0 Å². The molecule has 1 fully saturated rings. The van der Waals surface area contributed by atoms with Crippen molar-refractivity contribution in [1.82, 2.24) is 9.29 Å². The summed E-state index contributed by atoms with van der Waals surface area (Å²) in [6.45, 7) is 3.39. The van der Waals surface area contributed by atoms with Crippen molar-refractivity contribution in [1.29, 1.82) is 0 Å². The normalized spacial score (nSPS) is 19.6. The van der Waals surface area contributed by atoms with Gasteiger partial charge in [-0.25, -0.2) is 4.98 Å². The molecule has 0 aromatic carbocycles. The largest absolute Gasteiger partial charge is 0.320 e. The van der Waals surface area contributed by atoms with Gasteiger partial charge >= 0.3 is 10.2 Å². The van der Waals surface area contributed by atoms with Gasteiger partial charge in [0.15, 0.2) is 0 Å². The standard InChI is InChI=1S/C14H20N4O2S/c1-12-5-4-10-18(11-12)21(19,20)17-14-8-2-6-13(16-14)7-3-9-15/h2,6,8,12H,4-5,9-11,15H2,1H3,(H,16,17). The Morgan fingerprint density at radius 3 is 3.05 bits per heavy atom. The van der Waals surface area contributed by atoms with Gasteiger partial charge in [0.25, 0.3) is 0 Å². The molecule has 0 saturated carbocycles. The molecule has 7 heteroatoms. The second-order valence-electron chi connectivity index (χ2n) is 5.13. The number of nitrogens with one attached hydrogen (secondary N) is 1. The summed E-state index contributed by atoms with van der Waals surface area (Å²) in [5.74, 6) is 6.13. The van der Waals surface area contributed by atoms with Crippen molar-refractivity contribution in [2.45, 2.75) is 19.8 Å². The van der Waals surface area contributed by atoms with Crippen LogP contribution in [0.15, 0.2) is 18.2 Å². The maximum atomic E-state index is 12.3. The number of nitrogens with zero attached hydrogens (tertiary/aromatic N) is 2. The second kappa shape index (κ2) is 6.89. The molecule has 1 aromatic heterocycles. The number of hydrogen-bond acceptors (Lipinski definition) is 4. The zero-order valence-corrected chi connectivity index (χ0v) is 12.9. The van der Waals surface area contributed by atoms with Crippen LogP contribution in [0.4, 0.5) is 5.82 Å². The van der Waals surface area contributed by atoms with Crippen LogP contribution in [0.5, 0.6) is 0 Å². The molecule has 21 heavy (non-hydrogen) atoms. The predicted molar refractivity (Wildman–Crippen MR) is 82.7 cm³/mol. The lowest BCUT2D eigenvalue weighted by Crippen LogP contribution is -2.42. The van der Waals surface area contributed by atoms with Gasteiger partial charge in [-0.1, -0.05) is 18.9 Å². The fourth-order valence-electron chi connectivity index (χ4n) is 2.26. The summed E-state index contributed by atoms with van der Waals surface area (Å²) < 4.78 is 28.7. The SMILES string of the molecule is CC1CCCN(S(=O)(=O)Nc2cccc(C#CCN)n2)C1. The Morgan fingerprint density at radius 2 is 2.33 bits per heavy atom. The fraction of sp³-hybridized carbons (Fsp3) is 0.500. The Kier molecular flexibility index (Phi) is 5.17. The third-order valence-electron chi connectivity index (χ3n) is 3.26. The van der Waals surface area contributed by atoms with E-state index in [1.807, 2.05) is 0 Å². The lowest BCUT2D eigenvalue weighted by atomic mass is 10.0. The highest BCUT2D eigenvalue weighted by molar-refractivity contribution is 7.90. The van der Waals surface area contributed by atoms with Gasteiger partial charge in [0, 0.05) is 13.1 Å². The van der Waals surface area contributed by atoms with E-state index in [0.717, 1.165) is 12.8 Å². The molecule has 0 spiro atoms. The molecule has 6 nitrogen and oxygen atoms in total. The van der Waals surface area contributed by atoms with Crippen LogP contribution in [0, 0.1) is 17.8 Å². The maximum Gasteiger partial charge on any atom is 0.302 e. The summed E-state index contributed by atoms with van der Waals surface area (Å²) in [6.07, 6.45) is 1.95. The molecule has 3 N–H and O–H groups in total. The van der Waals surface area contributed by atoms with Gasteiger partial charge in [-0.15, -0.1) is 0 Å². The van der Waals surface area contributed by atoms with Crippen molar-refractivity contribution in [3.05, 3.63) is 23.9 Å². The van der Waals surface area contributed by atoms with E-state index in [0.29, 0.717) is 24.7 Å². The van der Waals surface area contributed by atoms with E-state index in [-0.39, 0.29) is 12.4 Å². The van der Waals surface area contributed by atoms with Crippen LogP contribution in [0.2, 0.25) is 0 Å². The van der Waals surface area contributed by atoms with Crippen LogP contribution in [0.1, 0.15) is 25.5 Å². The van der Waals surface area contributed by atoms with Crippen LogP contribution < -0.4 is 10.5 Å². The number of hydrogen-bond donors (Lipinski definition) is 2. The van der Waals surface area contributed by atoms with E-state index in [1.165, 1.54) is 4.31 Å². The molecule has 2 heterocycles. The minimum Gasteiger partial charge on any atom is -0.320 e. The van der Waals surface area contributed by atoms with Gasteiger partial charge in [-0.05, 0) is 36.8 Å². The summed E-state index contributed by atoms with van der Waals surface area (Å²) >= 11 is 0. The molecule has 2 rings (SSSR count). The first-order valence-corrected chi connectivity index (χ1v) is 8.39. The van der Waals surface area contributed by atoms with E-state index in [2.05, 4.69) is 28.5 Å². The lowest BCUT2D eigenvalue weighted by Gasteiger charge is -2.29. The number of piperidine rings is 1. The molecule has 0 radical (unpaired) electrons. The Hall–Kier alpha value is -1.62. The highest BCUT2D eigenvalue weighted by Gasteiger charge is 2.27. The number of anilines is 1. The number of nitrogens with two attached hydrogens (primary N) is 1. The van der Waals surface area contributed by atoms with Gasteiger partial charge < -0.3 is 5.73 Å². The van der Waals surface area contributed by atoms with Crippen molar-refractivity contribution in [2.24, 2.45) is 11.7 Å². The third kappa shape index (κ3) is 4.43. The van der Waals surface area contributed by atoms with Crippen LogP contribution in [-0.2, 0) is 10.2 Å². The molecular formula is C14H20N4O2S. The number of pyridine rings is 1. The van der Waals surface area contributed by atoms with E-state index in [4.69, 9.17) is 5.73 Å². The Labute approximate surface area is 125 Å². The zero-order chi connectivity index (χ0) is 15.3. The molecular weight excluding hydrogens is 288 g/mol. The predicted octanol–water partition coefficient (Wildman–Crippen LogP) is 0.780. The molecule has 114 valence electrons. The summed E-state index contributed by atoms with van der Waals surface area (Å²) in [7, 11) is -3.56. The smallest absolute Gasteiger partial charge is 0.302 e. The molecule has 1 aromatic rings. The zero-order valence-electron chi connectivity index (χ0n) is 12.0. The van der Waals surface area contributed by atoms with Crippen LogP contribution in [0.25, 0.3) is 0 Å². The van der Waals surface area contributed by atoms with Crippen LogP contribution in [0.3, 0.4) is 0 Å². The van der Waals surface area contributed by atoms with Crippen molar-refractivity contribution >= 4 is 16.0 Å². The minimum atomic E-state index is -3.56. The molecule has 0 aliphatic carbocycles. The first-order valence-electron chi connectivity index (χ1n) is 6.95. The van der Waals surface area contributed by atoms with E-state index in [1.54, 1.807) is 18.2 Å². The topological polar surface area (TPSA) is 88.3 Å². The summed E-state index contributed by atoms with van der Waals surface area (Å²) in [6, 6.07) is 5.03. The van der Waals surface area contributed by atoms with Crippen molar-refractivity contribution in [2.75, 3.05) is 24.4 Å². The fourth-order valence-corrected chi connectivity index (χ4v) is 3.59. The average molecular weight is 308 g/mol. The lowest BCUT2D eigenvalue weighted by molar-refractivity contribution is 0.282. The Bertz CT molecular complexity index is 648. The van der Waals surface area contributed by atoms with Crippen molar-refractivity contribution in [3.63, 3.8) is 0 Å².